The van der Waals surface area contributed by atoms with Crippen LogP contribution in [-0.4, -0.2) is 35.7 Å². The first kappa shape index (κ1) is 11.6. The van der Waals surface area contributed by atoms with Crippen LogP contribution in [0.3, 0.4) is 0 Å². The molecule has 0 aliphatic carbocycles. The second kappa shape index (κ2) is 5.41. The molecule has 0 aromatic heterocycles. The minimum absolute atomic E-state index is 0.180. The maximum absolute atomic E-state index is 11.4. The molecule has 1 aliphatic rings. The summed E-state index contributed by atoms with van der Waals surface area (Å²) in [6, 6.07) is -0.988. The SMILES string of the molecule is O=C1N[C@@H](CCCl)C(=O)N[C@H]1CCCl. The summed E-state index contributed by atoms with van der Waals surface area (Å²) in [5, 5.41) is 5.22. The number of carbonyl (C=O) groups excluding carboxylic acids is 2. The van der Waals surface area contributed by atoms with E-state index in [2.05, 4.69) is 10.6 Å². The van der Waals surface area contributed by atoms with Crippen molar-refractivity contribution in [3.63, 3.8) is 0 Å². The Hall–Kier alpha value is -0.480. The molecule has 2 N–H and O–H groups in total. The molecule has 0 spiro atoms. The van der Waals surface area contributed by atoms with Gasteiger partial charge in [-0.2, -0.15) is 0 Å². The maximum atomic E-state index is 11.4. The van der Waals surface area contributed by atoms with E-state index in [4.69, 9.17) is 23.2 Å². The van der Waals surface area contributed by atoms with E-state index >= 15 is 0 Å². The van der Waals surface area contributed by atoms with Crippen molar-refractivity contribution in [2.45, 2.75) is 24.9 Å². The zero-order chi connectivity index (χ0) is 10.6. The lowest BCUT2D eigenvalue weighted by Gasteiger charge is -2.28. The zero-order valence-corrected chi connectivity index (χ0v) is 9.07. The number of carbonyl (C=O) groups is 2. The zero-order valence-electron chi connectivity index (χ0n) is 7.56. The van der Waals surface area contributed by atoms with Crippen LogP contribution in [-0.2, 0) is 9.59 Å². The van der Waals surface area contributed by atoms with Crippen LogP contribution in [0.5, 0.6) is 0 Å². The van der Waals surface area contributed by atoms with E-state index in [1.807, 2.05) is 0 Å². The smallest absolute Gasteiger partial charge is 0.243 e. The average molecular weight is 239 g/mol. The van der Waals surface area contributed by atoms with Crippen LogP contribution in [0.15, 0.2) is 0 Å². The Morgan fingerprint density at radius 2 is 1.29 bits per heavy atom. The molecule has 4 nitrogen and oxygen atoms in total. The average Bonchev–Trinajstić information content (AvgIpc) is 2.14. The van der Waals surface area contributed by atoms with Gasteiger partial charge in [0.25, 0.3) is 0 Å². The molecule has 1 heterocycles. The molecule has 1 aliphatic heterocycles. The molecule has 1 rings (SSSR count). The quantitative estimate of drug-likeness (QED) is 0.690. The standard InChI is InChI=1S/C8H12Cl2N2O2/c9-3-1-5-7(13)12-6(2-4-10)8(14)11-5/h5-6H,1-4H2,(H,11,14)(H,12,13)/t5-,6-/m0/s1. The van der Waals surface area contributed by atoms with Crippen molar-refractivity contribution < 1.29 is 9.59 Å². The molecule has 0 unspecified atom stereocenters. The predicted octanol–water partition coefficient (Wildman–Crippen LogP) is 0.227. The van der Waals surface area contributed by atoms with Crippen molar-refractivity contribution in [3.8, 4) is 0 Å². The van der Waals surface area contributed by atoms with Crippen molar-refractivity contribution >= 4 is 35.0 Å². The van der Waals surface area contributed by atoms with Crippen LogP contribution in [0.4, 0.5) is 0 Å². The van der Waals surface area contributed by atoms with E-state index in [1.165, 1.54) is 0 Å². The summed E-state index contributed by atoms with van der Waals surface area (Å²) >= 11 is 11.0. The number of nitrogens with one attached hydrogen (secondary N) is 2. The molecule has 1 saturated heterocycles. The van der Waals surface area contributed by atoms with Crippen LogP contribution in [0.1, 0.15) is 12.8 Å². The Bertz CT molecular complexity index is 211. The van der Waals surface area contributed by atoms with Crippen LogP contribution >= 0.6 is 23.2 Å². The summed E-state index contributed by atoms with van der Waals surface area (Å²) in [5.41, 5.74) is 0. The van der Waals surface area contributed by atoms with Gasteiger partial charge in [-0.1, -0.05) is 0 Å². The summed E-state index contributed by atoms with van der Waals surface area (Å²) in [6.45, 7) is 0. The van der Waals surface area contributed by atoms with E-state index in [0.29, 0.717) is 24.6 Å². The summed E-state index contributed by atoms with van der Waals surface area (Å²) in [6.07, 6.45) is 0.902. The fourth-order valence-electron chi connectivity index (χ4n) is 1.30. The molecule has 2 atom stereocenters. The molecule has 0 aromatic carbocycles. The minimum Gasteiger partial charge on any atom is -0.342 e. The summed E-state index contributed by atoms with van der Waals surface area (Å²) in [4.78, 5) is 22.8. The van der Waals surface area contributed by atoms with Gasteiger partial charge in [-0.15, -0.1) is 23.2 Å². The third-order valence-corrected chi connectivity index (χ3v) is 2.50. The molecule has 6 heteroatoms. The van der Waals surface area contributed by atoms with Crippen molar-refractivity contribution in [2.75, 3.05) is 11.8 Å². The Morgan fingerprint density at radius 1 is 0.929 bits per heavy atom. The van der Waals surface area contributed by atoms with Gasteiger partial charge in [-0.3, -0.25) is 9.59 Å². The molecule has 0 radical (unpaired) electrons. The second-order valence-electron chi connectivity index (χ2n) is 3.08. The molecule has 0 bridgehead atoms. The van der Waals surface area contributed by atoms with Crippen LogP contribution < -0.4 is 10.6 Å². The molecule has 80 valence electrons. The molecule has 1 fully saturated rings. The monoisotopic (exact) mass is 238 g/mol. The Kier molecular flexibility index (Phi) is 4.48. The highest BCUT2D eigenvalue weighted by atomic mass is 35.5. The topological polar surface area (TPSA) is 58.2 Å². The summed E-state index contributed by atoms with van der Waals surface area (Å²) in [7, 11) is 0. The van der Waals surface area contributed by atoms with Gasteiger partial charge in [0.1, 0.15) is 12.1 Å². The van der Waals surface area contributed by atoms with Gasteiger partial charge in [0.05, 0.1) is 0 Å². The van der Waals surface area contributed by atoms with Gasteiger partial charge in [0.15, 0.2) is 0 Å². The second-order valence-corrected chi connectivity index (χ2v) is 3.83. The minimum atomic E-state index is -0.494. The lowest BCUT2D eigenvalue weighted by atomic mass is 10.1. The number of hydrogen-bond donors (Lipinski definition) is 2. The van der Waals surface area contributed by atoms with Crippen molar-refractivity contribution in [2.24, 2.45) is 0 Å². The fraction of sp³-hybridized carbons (Fsp3) is 0.750. The first-order valence-electron chi connectivity index (χ1n) is 4.41. The van der Waals surface area contributed by atoms with Gasteiger partial charge in [-0.05, 0) is 12.8 Å². The van der Waals surface area contributed by atoms with Gasteiger partial charge in [-0.25, -0.2) is 0 Å². The highest BCUT2D eigenvalue weighted by Crippen LogP contribution is 2.05. The van der Waals surface area contributed by atoms with Gasteiger partial charge >= 0.3 is 0 Å². The molecule has 2 amide bonds. The number of hydrogen-bond acceptors (Lipinski definition) is 2. The van der Waals surface area contributed by atoms with E-state index in [9.17, 15) is 9.59 Å². The molecular formula is C8H12Cl2N2O2. The number of piperazine rings is 1. The van der Waals surface area contributed by atoms with Crippen LogP contribution in [0.2, 0.25) is 0 Å². The van der Waals surface area contributed by atoms with E-state index in [-0.39, 0.29) is 11.8 Å². The predicted molar refractivity (Wildman–Crippen MR) is 54.5 cm³/mol. The van der Waals surface area contributed by atoms with Gasteiger partial charge < -0.3 is 10.6 Å². The maximum Gasteiger partial charge on any atom is 0.243 e. The number of halogens is 2. The Morgan fingerprint density at radius 3 is 1.57 bits per heavy atom. The number of alkyl halides is 2. The van der Waals surface area contributed by atoms with Crippen LogP contribution in [0, 0.1) is 0 Å². The highest BCUT2D eigenvalue weighted by Gasteiger charge is 2.32. The summed E-state index contributed by atoms with van der Waals surface area (Å²) < 4.78 is 0. The van der Waals surface area contributed by atoms with Crippen molar-refractivity contribution in [3.05, 3.63) is 0 Å². The van der Waals surface area contributed by atoms with Crippen molar-refractivity contribution in [1.29, 1.82) is 0 Å². The van der Waals surface area contributed by atoms with Crippen LogP contribution in [0.25, 0.3) is 0 Å². The van der Waals surface area contributed by atoms with Crippen molar-refractivity contribution in [1.82, 2.24) is 10.6 Å². The third-order valence-electron chi connectivity index (χ3n) is 2.06. The molecule has 14 heavy (non-hydrogen) atoms. The van der Waals surface area contributed by atoms with Gasteiger partial charge in [0.2, 0.25) is 11.8 Å². The largest absolute Gasteiger partial charge is 0.342 e. The number of amides is 2. The fourth-order valence-corrected chi connectivity index (χ4v) is 1.74. The van der Waals surface area contributed by atoms with E-state index in [0.717, 1.165) is 0 Å². The first-order valence-corrected chi connectivity index (χ1v) is 5.48. The van der Waals surface area contributed by atoms with E-state index < -0.39 is 12.1 Å². The third kappa shape index (κ3) is 2.75. The Balaban J connectivity index is 2.53. The molecule has 0 saturated carbocycles. The van der Waals surface area contributed by atoms with Gasteiger partial charge in [0, 0.05) is 11.8 Å². The number of rotatable bonds is 4. The first-order chi connectivity index (χ1) is 6.69. The lowest BCUT2D eigenvalue weighted by molar-refractivity contribution is -0.136. The molecule has 0 aromatic rings. The Labute approximate surface area is 92.3 Å². The normalized spacial score (nSPS) is 27.0. The highest BCUT2D eigenvalue weighted by molar-refractivity contribution is 6.18. The van der Waals surface area contributed by atoms with E-state index in [1.54, 1.807) is 0 Å². The molecular weight excluding hydrogens is 227 g/mol. The lowest BCUT2D eigenvalue weighted by Crippen LogP contribution is -2.61. The summed E-state index contributed by atoms with van der Waals surface area (Å²) in [5.74, 6) is 0.331.